The molecule has 0 spiro atoms. The molecule has 0 saturated carbocycles. The van der Waals surface area contributed by atoms with Gasteiger partial charge in [-0.3, -0.25) is 0 Å². The molecule has 0 fully saturated rings. The number of benzene rings is 1. The van der Waals surface area contributed by atoms with Gasteiger partial charge in [-0.05, 0) is 24.6 Å². The maximum atomic E-state index is 12.2. The van der Waals surface area contributed by atoms with Gasteiger partial charge in [0.25, 0.3) is 0 Å². The first-order valence-corrected chi connectivity index (χ1v) is 3.77. The van der Waals surface area contributed by atoms with Gasteiger partial charge in [-0.2, -0.15) is 13.2 Å². The quantitative estimate of drug-likeness (QED) is 0.721. The number of phenolic OH excluding ortho intramolecular Hbond substituents is 1. The van der Waals surface area contributed by atoms with Gasteiger partial charge in [0.2, 0.25) is 0 Å². The Hall–Kier alpha value is -1.19. The maximum absolute atomic E-state index is 12.2. The monoisotopic (exact) mass is 190 g/mol. The Labute approximate surface area is 73.8 Å². The molecule has 0 saturated heterocycles. The lowest BCUT2D eigenvalue weighted by atomic mass is 10.0. The minimum atomic E-state index is -4.23. The van der Waals surface area contributed by atoms with E-state index in [1.165, 1.54) is 24.3 Å². The number of aromatic hydroxyl groups is 1. The van der Waals surface area contributed by atoms with E-state index in [0.717, 1.165) is 6.92 Å². The molecule has 0 amide bonds. The van der Waals surface area contributed by atoms with Gasteiger partial charge in [0.05, 0.1) is 5.92 Å². The standard InChI is InChI=1S/C9H9F3O/c1-6(9(10,11)12)7-2-4-8(13)5-3-7/h2-6,13H,1H3. The molecule has 1 aromatic carbocycles. The van der Waals surface area contributed by atoms with Crippen LogP contribution >= 0.6 is 0 Å². The van der Waals surface area contributed by atoms with Gasteiger partial charge >= 0.3 is 6.18 Å². The summed E-state index contributed by atoms with van der Waals surface area (Å²) in [6.07, 6.45) is -4.23. The smallest absolute Gasteiger partial charge is 0.395 e. The molecular formula is C9H9F3O. The molecule has 0 aliphatic carbocycles. The van der Waals surface area contributed by atoms with Gasteiger partial charge in [0.1, 0.15) is 5.75 Å². The lowest BCUT2D eigenvalue weighted by Crippen LogP contribution is -2.17. The fourth-order valence-electron chi connectivity index (χ4n) is 0.952. The van der Waals surface area contributed by atoms with Gasteiger partial charge in [-0.15, -0.1) is 0 Å². The summed E-state index contributed by atoms with van der Waals surface area (Å²) in [5.74, 6) is -1.52. The van der Waals surface area contributed by atoms with Gasteiger partial charge in [0.15, 0.2) is 0 Å². The minimum absolute atomic E-state index is 0.0295. The van der Waals surface area contributed by atoms with E-state index in [4.69, 9.17) is 5.11 Å². The highest BCUT2D eigenvalue weighted by molar-refractivity contribution is 5.28. The molecule has 0 aromatic heterocycles. The van der Waals surface area contributed by atoms with Crippen LogP contribution in [0.1, 0.15) is 18.4 Å². The Kier molecular flexibility index (Phi) is 2.50. The SMILES string of the molecule is CC(c1ccc(O)cc1)C(F)(F)F. The molecule has 0 radical (unpaired) electrons. The summed E-state index contributed by atoms with van der Waals surface area (Å²) in [6, 6.07) is 5.04. The van der Waals surface area contributed by atoms with Gasteiger partial charge < -0.3 is 5.11 Å². The number of hydrogen-bond acceptors (Lipinski definition) is 1. The average Bonchev–Trinajstić information content (AvgIpc) is 2.03. The molecule has 13 heavy (non-hydrogen) atoms. The van der Waals surface area contributed by atoms with Crippen LogP contribution in [0, 0.1) is 0 Å². The first kappa shape index (κ1) is 9.89. The number of hydrogen-bond donors (Lipinski definition) is 1. The van der Waals surface area contributed by atoms with Crippen LogP contribution in [0.5, 0.6) is 5.75 Å². The summed E-state index contributed by atoms with van der Waals surface area (Å²) in [6.45, 7) is 1.09. The van der Waals surface area contributed by atoms with Crippen molar-refractivity contribution in [2.45, 2.75) is 19.0 Å². The molecule has 4 heteroatoms. The van der Waals surface area contributed by atoms with Crippen molar-refractivity contribution in [2.75, 3.05) is 0 Å². The van der Waals surface area contributed by atoms with E-state index in [-0.39, 0.29) is 11.3 Å². The molecule has 0 bridgehead atoms. The molecule has 1 rings (SSSR count). The molecule has 72 valence electrons. The molecule has 0 aliphatic heterocycles. The number of alkyl halides is 3. The van der Waals surface area contributed by atoms with Crippen molar-refractivity contribution in [3.05, 3.63) is 29.8 Å². The van der Waals surface area contributed by atoms with Crippen LogP contribution in [0.3, 0.4) is 0 Å². The third kappa shape index (κ3) is 2.37. The fraction of sp³-hybridized carbons (Fsp3) is 0.333. The Morgan fingerprint density at radius 3 is 2.00 bits per heavy atom. The van der Waals surface area contributed by atoms with E-state index in [1.807, 2.05) is 0 Å². The highest BCUT2D eigenvalue weighted by Gasteiger charge is 2.36. The molecule has 1 atom stereocenters. The van der Waals surface area contributed by atoms with Crippen LogP contribution in [0.2, 0.25) is 0 Å². The third-order valence-electron chi connectivity index (χ3n) is 1.88. The van der Waals surface area contributed by atoms with Crippen molar-refractivity contribution in [3.63, 3.8) is 0 Å². The number of rotatable bonds is 1. The molecule has 1 N–H and O–H groups in total. The summed E-state index contributed by atoms with van der Waals surface area (Å²) in [7, 11) is 0. The second-order valence-corrected chi connectivity index (χ2v) is 2.85. The third-order valence-corrected chi connectivity index (χ3v) is 1.88. The lowest BCUT2D eigenvalue weighted by Gasteiger charge is -2.15. The van der Waals surface area contributed by atoms with E-state index >= 15 is 0 Å². The molecule has 0 aliphatic rings. The topological polar surface area (TPSA) is 20.2 Å². The lowest BCUT2D eigenvalue weighted by molar-refractivity contribution is -0.146. The van der Waals surface area contributed by atoms with Gasteiger partial charge in [-0.1, -0.05) is 12.1 Å². The first-order chi connectivity index (χ1) is 5.91. The number of phenols is 1. The number of halogens is 3. The highest BCUT2D eigenvalue weighted by Crippen LogP contribution is 2.34. The molecular weight excluding hydrogens is 181 g/mol. The van der Waals surface area contributed by atoms with Crippen LogP contribution in [0.15, 0.2) is 24.3 Å². The molecule has 1 nitrogen and oxygen atoms in total. The molecule has 1 aromatic rings. The van der Waals surface area contributed by atoms with Crippen LogP contribution in [-0.2, 0) is 0 Å². The fourth-order valence-corrected chi connectivity index (χ4v) is 0.952. The maximum Gasteiger partial charge on any atom is 0.395 e. The Bertz CT molecular complexity index is 276. The van der Waals surface area contributed by atoms with Crippen LogP contribution in [0.25, 0.3) is 0 Å². The molecule has 0 heterocycles. The summed E-state index contributed by atoms with van der Waals surface area (Å²) in [5.41, 5.74) is 0.158. The predicted molar refractivity (Wildman–Crippen MR) is 42.6 cm³/mol. The van der Waals surface area contributed by atoms with Crippen molar-refractivity contribution >= 4 is 0 Å². The second kappa shape index (κ2) is 3.28. The first-order valence-electron chi connectivity index (χ1n) is 3.77. The Morgan fingerprint density at radius 1 is 1.15 bits per heavy atom. The van der Waals surface area contributed by atoms with Crippen molar-refractivity contribution in [3.8, 4) is 5.75 Å². The van der Waals surface area contributed by atoms with Crippen LogP contribution in [-0.4, -0.2) is 11.3 Å². The highest BCUT2D eigenvalue weighted by atomic mass is 19.4. The summed E-state index contributed by atoms with van der Waals surface area (Å²) in [4.78, 5) is 0. The minimum Gasteiger partial charge on any atom is -0.508 e. The van der Waals surface area contributed by atoms with E-state index in [9.17, 15) is 13.2 Å². The van der Waals surface area contributed by atoms with Gasteiger partial charge in [-0.25, -0.2) is 0 Å². The van der Waals surface area contributed by atoms with E-state index in [1.54, 1.807) is 0 Å². The van der Waals surface area contributed by atoms with Crippen molar-refractivity contribution in [2.24, 2.45) is 0 Å². The Morgan fingerprint density at radius 2 is 1.62 bits per heavy atom. The van der Waals surface area contributed by atoms with Crippen LogP contribution < -0.4 is 0 Å². The van der Waals surface area contributed by atoms with Crippen molar-refractivity contribution in [1.29, 1.82) is 0 Å². The van der Waals surface area contributed by atoms with Crippen LogP contribution in [0.4, 0.5) is 13.2 Å². The van der Waals surface area contributed by atoms with Gasteiger partial charge in [0, 0.05) is 0 Å². The van der Waals surface area contributed by atoms with Crippen molar-refractivity contribution in [1.82, 2.24) is 0 Å². The van der Waals surface area contributed by atoms with E-state index < -0.39 is 12.1 Å². The van der Waals surface area contributed by atoms with Crippen molar-refractivity contribution < 1.29 is 18.3 Å². The zero-order valence-corrected chi connectivity index (χ0v) is 6.97. The van der Waals surface area contributed by atoms with E-state index in [0.29, 0.717) is 0 Å². The summed E-state index contributed by atoms with van der Waals surface area (Å²) >= 11 is 0. The Balaban J connectivity index is 2.90. The van der Waals surface area contributed by atoms with E-state index in [2.05, 4.69) is 0 Å². The predicted octanol–water partition coefficient (Wildman–Crippen LogP) is 3.06. The summed E-state index contributed by atoms with van der Waals surface area (Å²) < 4.78 is 36.5. The average molecular weight is 190 g/mol. The molecule has 1 unspecified atom stereocenters. The zero-order chi connectivity index (χ0) is 10.1. The zero-order valence-electron chi connectivity index (χ0n) is 6.97. The largest absolute Gasteiger partial charge is 0.508 e. The summed E-state index contributed by atoms with van der Waals surface area (Å²) in [5, 5.41) is 8.86. The normalized spacial score (nSPS) is 14.2. The second-order valence-electron chi connectivity index (χ2n) is 2.85.